The SMILES string of the molecule is Cl.O=C1c2ccccc2C(=O)N1CCCN1C(=O)C(CCN2CCC(c3ccccc3)CC2)(c2ccccc2)c2ccccc21. The first kappa shape index (κ1) is 30.8. The van der Waals surface area contributed by atoms with Crippen molar-refractivity contribution in [1.29, 1.82) is 0 Å². The number of nitrogens with zero attached hydrogens (tertiary/aromatic N) is 3. The quantitative estimate of drug-likeness (QED) is 0.196. The van der Waals surface area contributed by atoms with Gasteiger partial charge >= 0.3 is 0 Å². The number of imide groups is 1. The number of carbonyl (C=O) groups is 3. The molecule has 0 radical (unpaired) electrons. The number of para-hydroxylation sites is 1. The van der Waals surface area contributed by atoms with Gasteiger partial charge in [0.05, 0.1) is 11.1 Å². The molecule has 4 aromatic rings. The van der Waals surface area contributed by atoms with E-state index < -0.39 is 5.41 Å². The Morgan fingerprint density at radius 3 is 1.84 bits per heavy atom. The number of piperidine rings is 1. The summed E-state index contributed by atoms with van der Waals surface area (Å²) in [4.78, 5) is 46.3. The zero-order valence-corrected chi connectivity index (χ0v) is 26.1. The van der Waals surface area contributed by atoms with Gasteiger partial charge in [-0.1, -0.05) is 91.0 Å². The minimum Gasteiger partial charge on any atom is -0.311 e. The van der Waals surface area contributed by atoms with Gasteiger partial charge in [-0.25, -0.2) is 0 Å². The van der Waals surface area contributed by atoms with Crippen molar-refractivity contribution in [2.24, 2.45) is 0 Å². The summed E-state index contributed by atoms with van der Waals surface area (Å²) in [6.07, 6.45) is 3.44. The van der Waals surface area contributed by atoms with E-state index in [0.717, 1.165) is 49.3 Å². The van der Waals surface area contributed by atoms with Gasteiger partial charge in [-0.3, -0.25) is 19.3 Å². The number of rotatable bonds is 9. The van der Waals surface area contributed by atoms with E-state index in [-0.39, 0.29) is 36.7 Å². The van der Waals surface area contributed by atoms with Gasteiger partial charge < -0.3 is 9.80 Å². The Morgan fingerprint density at radius 2 is 1.18 bits per heavy atom. The van der Waals surface area contributed by atoms with Crippen molar-refractivity contribution < 1.29 is 14.4 Å². The zero-order chi connectivity index (χ0) is 30.1. The number of hydrogen-bond donors (Lipinski definition) is 0. The highest BCUT2D eigenvalue weighted by molar-refractivity contribution is 6.21. The maximum absolute atomic E-state index is 14.7. The van der Waals surface area contributed by atoms with E-state index >= 15 is 0 Å². The second-order valence-electron chi connectivity index (χ2n) is 12.2. The van der Waals surface area contributed by atoms with Crippen molar-refractivity contribution in [2.75, 3.05) is 37.6 Å². The molecular formula is C38H38ClN3O3. The summed E-state index contributed by atoms with van der Waals surface area (Å²) in [6, 6.07) is 36.1. The Kier molecular flexibility index (Phi) is 8.88. The van der Waals surface area contributed by atoms with Gasteiger partial charge in [-0.15, -0.1) is 12.4 Å². The van der Waals surface area contributed by atoms with Crippen LogP contribution in [0.4, 0.5) is 5.69 Å². The van der Waals surface area contributed by atoms with Crippen LogP contribution in [0.3, 0.4) is 0 Å². The molecule has 230 valence electrons. The monoisotopic (exact) mass is 619 g/mol. The molecule has 7 rings (SSSR count). The van der Waals surface area contributed by atoms with E-state index in [1.165, 1.54) is 10.5 Å². The second kappa shape index (κ2) is 13.0. The first-order chi connectivity index (χ1) is 21.6. The molecule has 6 nitrogen and oxygen atoms in total. The van der Waals surface area contributed by atoms with Crippen molar-refractivity contribution in [3.05, 3.63) is 137 Å². The van der Waals surface area contributed by atoms with Gasteiger partial charge in [-0.05, 0) is 86.1 Å². The van der Waals surface area contributed by atoms with Crippen molar-refractivity contribution in [1.82, 2.24) is 9.80 Å². The third kappa shape index (κ3) is 5.47. The van der Waals surface area contributed by atoms with Crippen molar-refractivity contribution in [2.45, 2.75) is 37.0 Å². The third-order valence-electron chi connectivity index (χ3n) is 9.83. The Labute approximate surface area is 271 Å². The molecule has 3 aliphatic heterocycles. The molecule has 0 saturated carbocycles. The number of benzene rings is 4. The molecule has 7 heteroatoms. The molecule has 3 heterocycles. The summed E-state index contributed by atoms with van der Waals surface area (Å²) < 4.78 is 0. The maximum Gasteiger partial charge on any atom is 0.261 e. The fourth-order valence-electron chi connectivity index (χ4n) is 7.50. The van der Waals surface area contributed by atoms with Crippen LogP contribution in [0.15, 0.2) is 109 Å². The van der Waals surface area contributed by atoms with Gasteiger partial charge in [-0.2, -0.15) is 0 Å². The molecular weight excluding hydrogens is 582 g/mol. The molecule has 1 saturated heterocycles. The van der Waals surface area contributed by atoms with Gasteiger partial charge in [0.25, 0.3) is 11.8 Å². The normalized spacial score (nSPS) is 19.9. The molecule has 45 heavy (non-hydrogen) atoms. The Balaban J connectivity index is 0.00000357. The first-order valence-electron chi connectivity index (χ1n) is 15.8. The summed E-state index contributed by atoms with van der Waals surface area (Å²) in [5.41, 5.74) is 4.52. The number of anilines is 1. The highest BCUT2D eigenvalue weighted by Gasteiger charge is 2.51. The predicted octanol–water partition coefficient (Wildman–Crippen LogP) is 6.70. The van der Waals surface area contributed by atoms with Crippen LogP contribution in [0.1, 0.15) is 69.0 Å². The summed E-state index contributed by atoms with van der Waals surface area (Å²) in [5.74, 6) is 0.148. The fourth-order valence-corrected chi connectivity index (χ4v) is 7.50. The highest BCUT2D eigenvalue weighted by atomic mass is 35.5. The van der Waals surface area contributed by atoms with Crippen LogP contribution in [0.2, 0.25) is 0 Å². The molecule has 0 aromatic heterocycles. The largest absolute Gasteiger partial charge is 0.311 e. The zero-order valence-electron chi connectivity index (χ0n) is 25.3. The first-order valence-corrected chi connectivity index (χ1v) is 15.8. The molecule has 4 aromatic carbocycles. The molecule has 1 fully saturated rings. The summed E-state index contributed by atoms with van der Waals surface area (Å²) in [5, 5.41) is 0. The predicted molar refractivity (Wildman–Crippen MR) is 179 cm³/mol. The lowest BCUT2D eigenvalue weighted by atomic mass is 9.72. The summed E-state index contributed by atoms with van der Waals surface area (Å²) >= 11 is 0. The van der Waals surface area contributed by atoms with E-state index in [0.29, 0.717) is 36.4 Å². The van der Waals surface area contributed by atoms with E-state index in [4.69, 9.17) is 0 Å². The van der Waals surface area contributed by atoms with Crippen molar-refractivity contribution >= 4 is 35.8 Å². The van der Waals surface area contributed by atoms with Crippen molar-refractivity contribution in [3.63, 3.8) is 0 Å². The minimum absolute atomic E-state index is 0. The number of halogens is 1. The lowest BCUT2D eigenvalue weighted by molar-refractivity contribution is -0.122. The standard InChI is InChI=1S/C38H37N3O3.ClH/c42-35-31-16-7-8-17-32(31)36(43)41(35)24-11-23-40-34-19-10-9-18-33(34)38(37(40)44,30-14-5-2-6-15-30)22-27-39-25-20-29(21-26-39)28-12-3-1-4-13-28;/h1-10,12-19,29H,11,20-27H2;1H. The number of hydrogen-bond acceptors (Lipinski definition) is 4. The van der Waals surface area contributed by atoms with E-state index in [9.17, 15) is 14.4 Å². The Hall–Kier alpha value is -4.26. The Bertz CT molecular complexity index is 1650. The summed E-state index contributed by atoms with van der Waals surface area (Å²) in [7, 11) is 0. The average Bonchev–Trinajstić information content (AvgIpc) is 3.47. The molecule has 1 unspecified atom stereocenters. The van der Waals surface area contributed by atoms with Crippen LogP contribution in [-0.4, -0.2) is 60.2 Å². The average molecular weight is 620 g/mol. The molecule has 1 atom stereocenters. The van der Waals surface area contributed by atoms with Crippen LogP contribution < -0.4 is 4.90 Å². The van der Waals surface area contributed by atoms with Gasteiger partial charge in [0.15, 0.2) is 0 Å². The molecule has 0 bridgehead atoms. The lowest BCUT2D eigenvalue weighted by Crippen LogP contribution is -2.45. The van der Waals surface area contributed by atoms with E-state index in [1.807, 2.05) is 41.3 Å². The highest BCUT2D eigenvalue weighted by Crippen LogP contribution is 2.48. The smallest absolute Gasteiger partial charge is 0.261 e. The molecule has 3 amide bonds. The van der Waals surface area contributed by atoms with Crippen molar-refractivity contribution in [3.8, 4) is 0 Å². The topological polar surface area (TPSA) is 60.9 Å². The minimum atomic E-state index is -0.788. The van der Waals surface area contributed by atoms with Crippen LogP contribution in [0.25, 0.3) is 0 Å². The van der Waals surface area contributed by atoms with Gasteiger partial charge in [0.2, 0.25) is 5.91 Å². The van der Waals surface area contributed by atoms with Crippen LogP contribution in [0, 0.1) is 0 Å². The molecule has 0 aliphatic carbocycles. The third-order valence-corrected chi connectivity index (χ3v) is 9.83. The van der Waals surface area contributed by atoms with E-state index in [1.54, 1.807) is 24.3 Å². The summed E-state index contributed by atoms with van der Waals surface area (Å²) in [6.45, 7) is 3.57. The molecule has 0 N–H and O–H groups in total. The molecule has 3 aliphatic rings. The number of carbonyl (C=O) groups excluding carboxylic acids is 3. The van der Waals surface area contributed by atoms with Crippen LogP contribution in [-0.2, 0) is 10.2 Å². The lowest BCUT2D eigenvalue weighted by Gasteiger charge is -2.36. The van der Waals surface area contributed by atoms with E-state index in [2.05, 4.69) is 53.4 Å². The number of fused-ring (bicyclic) bond motifs is 2. The van der Waals surface area contributed by atoms with Crippen LogP contribution in [0.5, 0.6) is 0 Å². The molecule has 0 spiro atoms. The van der Waals surface area contributed by atoms with Gasteiger partial charge in [0.1, 0.15) is 5.41 Å². The number of likely N-dealkylation sites (tertiary alicyclic amines) is 1. The Morgan fingerprint density at radius 1 is 0.622 bits per heavy atom. The van der Waals surface area contributed by atoms with Gasteiger partial charge in [0, 0.05) is 18.8 Å². The second-order valence-corrected chi connectivity index (χ2v) is 12.2. The number of amides is 3. The maximum atomic E-state index is 14.7. The fraction of sp³-hybridized carbons (Fsp3) is 0.289. The van der Waals surface area contributed by atoms with Crippen LogP contribution >= 0.6 is 12.4 Å².